The van der Waals surface area contributed by atoms with Crippen LogP contribution in [0, 0.1) is 0 Å². The van der Waals surface area contributed by atoms with Gasteiger partial charge in [-0.05, 0) is 17.7 Å². The lowest BCUT2D eigenvalue weighted by Crippen LogP contribution is -2.31. The van der Waals surface area contributed by atoms with Crippen LogP contribution < -0.4 is 4.74 Å². The van der Waals surface area contributed by atoms with Crippen molar-refractivity contribution >= 4 is 17.3 Å². The third-order valence-electron chi connectivity index (χ3n) is 3.39. The number of ether oxygens (including phenoxy) is 1. The Morgan fingerprint density at radius 1 is 1.55 bits per heavy atom. The smallest absolute Gasteiger partial charge is 0.219 e. The molecule has 0 bridgehead atoms. The zero-order chi connectivity index (χ0) is 14.7. The van der Waals surface area contributed by atoms with Gasteiger partial charge in [0.2, 0.25) is 5.91 Å². The van der Waals surface area contributed by atoms with E-state index in [1.807, 2.05) is 22.5 Å². The van der Waals surface area contributed by atoms with Crippen molar-refractivity contribution in [2.75, 3.05) is 26.5 Å². The Balaban J connectivity index is 2.18. The minimum absolute atomic E-state index is 0.0347. The first-order valence-electron chi connectivity index (χ1n) is 6.52. The van der Waals surface area contributed by atoms with E-state index in [1.165, 1.54) is 0 Å². The van der Waals surface area contributed by atoms with E-state index < -0.39 is 11.4 Å². The fraction of sp³-hybridized carbons (Fsp3) is 0.500. The van der Waals surface area contributed by atoms with Crippen molar-refractivity contribution in [3.05, 3.63) is 29.3 Å². The van der Waals surface area contributed by atoms with Gasteiger partial charge >= 0.3 is 0 Å². The average Bonchev–Trinajstić information content (AvgIpc) is 2.60. The van der Waals surface area contributed by atoms with Gasteiger partial charge in [0, 0.05) is 37.4 Å². The summed E-state index contributed by atoms with van der Waals surface area (Å²) in [7, 11) is 1.78. The number of hydrogen-bond acceptors (Lipinski definition) is 4. The van der Waals surface area contributed by atoms with Crippen molar-refractivity contribution in [2.24, 2.45) is 0 Å². The minimum Gasteiger partial charge on any atom is -0.598 e. The van der Waals surface area contributed by atoms with Gasteiger partial charge in [0.15, 0.2) is 0 Å². The Hall–Kier alpha value is -1.24. The van der Waals surface area contributed by atoms with Gasteiger partial charge in [-0.15, -0.1) is 4.31 Å². The number of rotatable bonds is 3. The van der Waals surface area contributed by atoms with Crippen LogP contribution in [0.4, 0.5) is 0 Å². The number of fused-ring (bicyclic) bond motifs is 1. The summed E-state index contributed by atoms with van der Waals surface area (Å²) < 4.78 is 19.2. The van der Waals surface area contributed by atoms with Crippen LogP contribution in [0.2, 0.25) is 0 Å². The Morgan fingerprint density at radius 3 is 2.95 bits per heavy atom. The highest BCUT2D eigenvalue weighted by atomic mass is 32.2. The fourth-order valence-electron chi connectivity index (χ4n) is 2.13. The second kappa shape index (κ2) is 6.47. The molecule has 6 heteroatoms. The number of carbonyl (C=O) groups is 1. The van der Waals surface area contributed by atoms with Gasteiger partial charge in [0.05, 0.1) is 13.1 Å². The molecule has 20 heavy (non-hydrogen) atoms. The topological polar surface area (TPSA) is 55.8 Å². The molecule has 110 valence electrons. The molecule has 0 radical (unpaired) electrons. The van der Waals surface area contributed by atoms with E-state index in [-0.39, 0.29) is 5.91 Å². The van der Waals surface area contributed by atoms with Crippen LogP contribution in [0.1, 0.15) is 18.1 Å². The molecule has 0 aromatic heterocycles. The molecule has 1 unspecified atom stereocenters. The van der Waals surface area contributed by atoms with E-state index in [0.29, 0.717) is 26.2 Å². The maximum absolute atomic E-state index is 11.6. The number of nitrogens with zero attached hydrogens (tertiary/aromatic N) is 2. The minimum atomic E-state index is -1.01. The number of carbonyl (C=O) groups excluding carboxylic acids is 1. The molecule has 1 aromatic rings. The highest BCUT2D eigenvalue weighted by molar-refractivity contribution is 7.88. The largest absolute Gasteiger partial charge is 0.598 e. The van der Waals surface area contributed by atoms with Gasteiger partial charge in [-0.25, -0.2) is 0 Å². The molecule has 1 aliphatic heterocycles. The SMILES string of the molecule is CC(=O)N(C)Cc1ccc2c(c1)CN([S+](C)[O-])CCO2. The van der Waals surface area contributed by atoms with Crippen LogP contribution in [0.5, 0.6) is 5.75 Å². The average molecular weight is 296 g/mol. The van der Waals surface area contributed by atoms with Crippen LogP contribution >= 0.6 is 0 Å². The zero-order valence-corrected chi connectivity index (χ0v) is 12.9. The Labute approximate surface area is 122 Å². The van der Waals surface area contributed by atoms with Gasteiger partial charge < -0.3 is 14.2 Å². The lowest BCUT2D eigenvalue weighted by molar-refractivity contribution is -0.128. The third kappa shape index (κ3) is 3.65. The Bertz CT molecular complexity index is 493. The highest BCUT2D eigenvalue weighted by Crippen LogP contribution is 2.25. The summed E-state index contributed by atoms with van der Waals surface area (Å²) in [5.41, 5.74) is 2.07. The first kappa shape index (κ1) is 15.2. The van der Waals surface area contributed by atoms with Gasteiger partial charge in [-0.1, -0.05) is 6.07 Å². The highest BCUT2D eigenvalue weighted by Gasteiger charge is 2.21. The fourth-order valence-corrected chi connectivity index (χ4v) is 2.78. The molecule has 1 amide bonds. The van der Waals surface area contributed by atoms with Crippen LogP contribution in [-0.2, 0) is 29.2 Å². The third-order valence-corrected chi connectivity index (χ3v) is 4.43. The molecule has 0 saturated carbocycles. The maximum atomic E-state index is 11.6. The molecule has 0 aliphatic carbocycles. The first-order valence-corrected chi connectivity index (χ1v) is 8.03. The van der Waals surface area contributed by atoms with Gasteiger partial charge in [0.1, 0.15) is 18.6 Å². The molecule has 1 atom stereocenters. The summed E-state index contributed by atoms with van der Waals surface area (Å²) in [5, 5.41) is 0. The second-order valence-electron chi connectivity index (χ2n) is 4.95. The molecule has 2 rings (SSSR count). The van der Waals surface area contributed by atoms with Crippen molar-refractivity contribution in [3.63, 3.8) is 0 Å². The van der Waals surface area contributed by atoms with Crippen molar-refractivity contribution in [1.82, 2.24) is 9.21 Å². The lowest BCUT2D eigenvalue weighted by Gasteiger charge is -2.19. The van der Waals surface area contributed by atoms with Crippen molar-refractivity contribution in [2.45, 2.75) is 20.0 Å². The predicted molar refractivity (Wildman–Crippen MR) is 78.6 cm³/mol. The molecule has 0 saturated heterocycles. The van der Waals surface area contributed by atoms with Crippen molar-refractivity contribution in [1.29, 1.82) is 0 Å². The van der Waals surface area contributed by atoms with E-state index in [9.17, 15) is 9.35 Å². The van der Waals surface area contributed by atoms with Crippen molar-refractivity contribution < 1.29 is 14.1 Å². The molecular weight excluding hydrogens is 276 g/mol. The van der Waals surface area contributed by atoms with Crippen LogP contribution in [-0.4, -0.2) is 46.1 Å². The second-order valence-corrected chi connectivity index (χ2v) is 6.32. The zero-order valence-electron chi connectivity index (χ0n) is 12.1. The Kier molecular flexibility index (Phi) is 4.91. The molecular formula is C14H20N2O3S. The molecule has 1 aromatic carbocycles. The quantitative estimate of drug-likeness (QED) is 0.785. The molecule has 5 nitrogen and oxygen atoms in total. The predicted octanol–water partition coefficient (Wildman–Crippen LogP) is 1.15. The van der Waals surface area contributed by atoms with Gasteiger partial charge in [-0.2, -0.15) is 0 Å². The van der Waals surface area contributed by atoms with E-state index in [1.54, 1.807) is 25.1 Å². The molecule has 1 heterocycles. The van der Waals surface area contributed by atoms with E-state index >= 15 is 0 Å². The summed E-state index contributed by atoms with van der Waals surface area (Å²) in [5.74, 6) is 0.875. The summed E-state index contributed by atoms with van der Waals surface area (Å²) in [4.78, 5) is 12.9. The summed E-state index contributed by atoms with van der Waals surface area (Å²) in [6.07, 6.45) is 1.68. The number of benzene rings is 1. The first-order chi connectivity index (χ1) is 9.47. The monoisotopic (exact) mass is 296 g/mol. The normalized spacial score (nSPS) is 16.8. The molecule has 0 fully saturated rings. The number of amides is 1. The summed E-state index contributed by atoms with van der Waals surface area (Å²) in [6, 6.07) is 5.93. The van der Waals surface area contributed by atoms with Crippen LogP contribution in [0.25, 0.3) is 0 Å². The van der Waals surface area contributed by atoms with Gasteiger partial charge in [-0.3, -0.25) is 4.79 Å². The van der Waals surface area contributed by atoms with E-state index in [2.05, 4.69) is 0 Å². The maximum Gasteiger partial charge on any atom is 0.219 e. The summed E-state index contributed by atoms with van der Waals surface area (Å²) >= 11 is -1.01. The lowest BCUT2D eigenvalue weighted by atomic mass is 10.1. The van der Waals surface area contributed by atoms with Crippen LogP contribution in [0.15, 0.2) is 18.2 Å². The van der Waals surface area contributed by atoms with Crippen molar-refractivity contribution in [3.8, 4) is 5.75 Å². The van der Waals surface area contributed by atoms with Gasteiger partial charge in [0.25, 0.3) is 0 Å². The summed E-state index contributed by atoms with van der Waals surface area (Å²) in [6.45, 7) is 3.92. The van der Waals surface area contributed by atoms with E-state index in [4.69, 9.17) is 4.74 Å². The number of hydrogen-bond donors (Lipinski definition) is 0. The van der Waals surface area contributed by atoms with E-state index in [0.717, 1.165) is 16.9 Å². The molecule has 0 spiro atoms. The van der Waals surface area contributed by atoms with Crippen LogP contribution in [0.3, 0.4) is 0 Å². The molecule has 1 aliphatic rings. The molecule has 0 N–H and O–H groups in total. The standard InChI is InChI=1S/C14H20N2O3S/c1-11(17)15(2)9-12-4-5-14-13(8-12)10-16(20(3)18)6-7-19-14/h4-5,8H,6-7,9-10H2,1-3H3. The Morgan fingerprint density at radius 2 is 2.30 bits per heavy atom.